The number of hydrogen-bond acceptors (Lipinski definition) is 3. The fourth-order valence-electron chi connectivity index (χ4n) is 2.17. The number of ether oxygens (including phenoxy) is 1. The van der Waals surface area contributed by atoms with Crippen LogP contribution in [-0.4, -0.2) is 30.5 Å². The van der Waals surface area contributed by atoms with E-state index >= 15 is 0 Å². The topological polar surface area (TPSA) is 41.5 Å². The zero-order chi connectivity index (χ0) is 15.2. The molecule has 0 radical (unpaired) electrons. The maximum absolute atomic E-state index is 9.99. The van der Waals surface area contributed by atoms with Crippen molar-refractivity contribution >= 4 is 0 Å². The van der Waals surface area contributed by atoms with E-state index in [2.05, 4.69) is 39.9 Å². The average Bonchev–Trinajstić information content (AvgIpc) is 2.43. The van der Waals surface area contributed by atoms with Gasteiger partial charge in [-0.2, -0.15) is 0 Å². The molecule has 0 aliphatic rings. The molecule has 0 aliphatic carbocycles. The molecular formula is C17H29NO2. The quantitative estimate of drug-likeness (QED) is 0.769. The Hall–Kier alpha value is -0.900. The number of benzene rings is 1. The van der Waals surface area contributed by atoms with E-state index in [1.54, 1.807) is 0 Å². The van der Waals surface area contributed by atoms with Crippen LogP contribution in [0.4, 0.5) is 0 Å². The normalized spacial score (nSPS) is 16.4. The zero-order valence-electron chi connectivity index (χ0n) is 13.4. The monoisotopic (exact) mass is 279 g/mol. The second-order valence-electron chi connectivity index (χ2n) is 6.17. The van der Waals surface area contributed by atoms with Crippen molar-refractivity contribution in [2.75, 3.05) is 13.2 Å². The van der Waals surface area contributed by atoms with Crippen molar-refractivity contribution in [1.29, 1.82) is 0 Å². The Morgan fingerprint density at radius 2 is 1.70 bits per heavy atom. The molecule has 1 aromatic rings. The van der Waals surface area contributed by atoms with Crippen molar-refractivity contribution in [3.63, 3.8) is 0 Å². The Balaban J connectivity index is 2.94. The Kier molecular flexibility index (Phi) is 6.66. The van der Waals surface area contributed by atoms with Crippen molar-refractivity contribution in [2.45, 2.75) is 52.3 Å². The van der Waals surface area contributed by atoms with Gasteiger partial charge in [0.15, 0.2) is 0 Å². The van der Waals surface area contributed by atoms with Crippen LogP contribution in [0.1, 0.15) is 40.2 Å². The van der Waals surface area contributed by atoms with Gasteiger partial charge in [-0.15, -0.1) is 0 Å². The van der Waals surface area contributed by atoms with Crippen LogP contribution in [0, 0.1) is 5.92 Å². The van der Waals surface area contributed by atoms with Crippen LogP contribution in [0.5, 0.6) is 0 Å². The van der Waals surface area contributed by atoms with Gasteiger partial charge in [0, 0.05) is 6.04 Å². The van der Waals surface area contributed by atoms with Gasteiger partial charge in [-0.3, -0.25) is 0 Å². The van der Waals surface area contributed by atoms with Crippen LogP contribution in [0.2, 0.25) is 0 Å². The summed E-state index contributed by atoms with van der Waals surface area (Å²) < 4.78 is 5.99. The largest absolute Gasteiger partial charge is 0.394 e. The van der Waals surface area contributed by atoms with E-state index in [1.165, 1.54) is 0 Å². The highest BCUT2D eigenvalue weighted by atomic mass is 16.5. The third kappa shape index (κ3) is 4.58. The van der Waals surface area contributed by atoms with Gasteiger partial charge >= 0.3 is 0 Å². The van der Waals surface area contributed by atoms with Crippen LogP contribution in [0.15, 0.2) is 30.3 Å². The van der Waals surface area contributed by atoms with Crippen LogP contribution in [-0.2, 0) is 10.3 Å². The van der Waals surface area contributed by atoms with Crippen molar-refractivity contribution in [3.05, 3.63) is 35.9 Å². The minimum Gasteiger partial charge on any atom is -0.394 e. The molecule has 2 N–H and O–H groups in total. The van der Waals surface area contributed by atoms with Crippen molar-refractivity contribution in [2.24, 2.45) is 5.92 Å². The first-order valence-electron chi connectivity index (χ1n) is 7.47. The lowest BCUT2D eigenvalue weighted by Gasteiger charge is -2.36. The van der Waals surface area contributed by atoms with Gasteiger partial charge in [0.1, 0.15) is 0 Å². The van der Waals surface area contributed by atoms with Gasteiger partial charge in [0.2, 0.25) is 0 Å². The van der Waals surface area contributed by atoms with Gasteiger partial charge < -0.3 is 15.2 Å². The van der Waals surface area contributed by atoms with Crippen LogP contribution in [0.3, 0.4) is 0 Å². The first-order chi connectivity index (χ1) is 9.41. The zero-order valence-corrected chi connectivity index (χ0v) is 13.4. The second-order valence-corrected chi connectivity index (χ2v) is 6.17. The number of aliphatic hydroxyl groups is 1. The molecule has 2 unspecified atom stereocenters. The maximum Gasteiger partial charge on any atom is 0.0908 e. The molecule has 3 nitrogen and oxygen atoms in total. The lowest BCUT2D eigenvalue weighted by atomic mass is 9.90. The van der Waals surface area contributed by atoms with E-state index in [1.807, 2.05) is 30.3 Å². The summed E-state index contributed by atoms with van der Waals surface area (Å²) in [7, 11) is 0. The average molecular weight is 279 g/mol. The molecule has 1 aromatic carbocycles. The summed E-state index contributed by atoms with van der Waals surface area (Å²) in [5.74, 6) is 0.459. The Bertz CT molecular complexity index is 378. The molecule has 0 amide bonds. The minimum absolute atomic E-state index is 0.0139. The van der Waals surface area contributed by atoms with Gasteiger partial charge in [-0.25, -0.2) is 0 Å². The van der Waals surface area contributed by atoms with Gasteiger partial charge in [0.25, 0.3) is 0 Å². The van der Waals surface area contributed by atoms with Gasteiger partial charge in [0.05, 0.1) is 24.9 Å². The van der Waals surface area contributed by atoms with E-state index < -0.39 is 5.54 Å². The van der Waals surface area contributed by atoms with Gasteiger partial charge in [-0.1, -0.05) is 44.2 Å². The molecule has 0 saturated carbocycles. The highest BCUT2D eigenvalue weighted by molar-refractivity contribution is 5.25. The molecule has 0 aromatic heterocycles. The maximum atomic E-state index is 9.99. The molecule has 0 saturated heterocycles. The number of aliphatic hydroxyl groups excluding tert-OH is 1. The van der Waals surface area contributed by atoms with Crippen LogP contribution < -0.4 is 5.32 Å². The number of nitrogens with one attached hydrogen (secondary N) is 1. The van der Waals surface area contributed by atoms with Gasteiger partial charge in [-0.05, 0) is 32.3 Å². The molecule has 3 heteroatoms. The first-order valence-corrected chi connectivity index (χ1v) is 7.47. The van der Waals surface area contributed by atoms with E-state index in [4.69, 9.17) is 4.74 Å². The van der Waals surface area contributed by atoms with E-state index in [-0.39, 0.29) is 18.8 Å². The molecule has 1 rings (SSSR count). The minimum atomic E-state index is -0.543. The Morgan fingerprint density at radius 3 is 2.15 bits per heavy atom. The molecule has 0 spiro atoms. The molecular weight excluding hydrogens is 250 g/mol. The second kappa shape index (κ2) is 7.77. The smallest absolute Gasteiger partial charge is 0.0908 e. The summed E-state index contributed by atoms with van der Waals surface area (Å²) in [5, 5.41) is 13.5. The third-order valence-corrected chi connectivity index (χ3v) is 3.69. The standard InChI is InChI=1S/C17H29NO2/c1-13(2)15(5)20-12-17(11-19,18-14(3)4)16-9-7-6-8-10-16/h6-10,13-15,18-19H,11-12H2,1-5H3. The van der Waals surface area contributed by atoms with E-state index in [0.717, 1.165) is 5.56 Å². The summed E-state index contributed by atoms with van der Waals surface area (Å²) in [6, 6.07) is 10.3. The number of rotatable bonds is 8. The van der Waals surface area contributed by atoms with E-state index in [9.17, 15) is 5.11 Å². The van der Waals surface area contributed by atoms with Crippen LogP contribution >= 0.6 is 0 Å². The molecule has 114 valence electrons. The molecule has 0 heterocycles. The van der Waals surface area contributed by atoms with Crippen molar-refractivity contribution in [3.8, 4) is 0 Å². The molecule has 2 atom stereocenters. The SMILES string of the molecule is CC(C)NC(CO)(COC(C)C(C)C)c1ccccc1. The summed E-state index contributed by atoms with van der Waals surface area (Å²) >= 11 is 0. The van der Waals surface area contributed by atoms with Crippen molar-refractivity contribution in [1.82, 2.24) is 5.32 Å². The highest BCUT2D eigenvalue weighted by Crippen LogP contribution is 2.23. The molecule has 0 aliphatic heterocycles. The number of hydrogen-bond donors (Lipinski definition) is 2. The lowest BCUT2D eigenvalue weighted by Crippen LogP contribution is -2.52. The molecule has 0 bridgehead atoms. The fraction of sp³-hybridized carbons (Fsp3) is 0.647. The predicted molar refractivity (Wildman–Crippen MR) is 83.7 cm³/mol. The first kappa shape index (κ1) is 17.2. The summed E-state index contributed by atoms with van der Waals surface area (Å²) in [6.45, 7) is 11.0. The predicted octanol–water partition coefficient (Wildman–Crippen LogP) is 2.93. The summed E-state index contributed by atoms with van der Waals surface area (Å²) in [4.78, 5) is 0. The van der Waals surface area contributed by atoms with Crippen LogP contribution in [0.25, 0.3) is 0 Å². The summed E-state index contributed by atoms with van der Waals surface area (Å²) in [6.07, 6.45) is 0.165. The fourth-order valence-corrected chi connectivity index (χ4v) is 2.17. The highest BCUT2D eigenvalue weighted by Gasteiger charge is 2.33. The van der Waals surface area contributed by atoms with Crippen molar-refractivity contribution < 1.29 is 9.84 Å². The van der Waals surface area contributed by atoms with E-state index in [0.29, 0.717) is 12.5 Å². The molecule has 20 heavy (non-hydrogen) atoms. The summed E-state index contributed by atoms with van der Waals surface area (Å²) in [5.41, 5.74) is 0.519. The molecule has 0 fully saturated rings. The third-order valence-electron chi connectivity index (χ3n) is 3.69. The lowest BCUT2D eigenvalue weighted by molar-refractivity contribution is -0.0250. The Labute approximate surface area is 123 Å². The Morgan fingerprint density at radius 1 is 1.10 bits per heavy atom.